The minimum absolute atomic E-state index is 0.566. The van der Waals surface area contributed by atoms with Gasteiger partial charge in [-0.25, -0.2) is 9.97 Å². The second-order valence-corrected chi connectivity index (χ2v) is 9.78. The van der Waals surface area contributed by atoms with E-state index < -0.39 is 0 Å². The van der Waals surface area contributed by atoms with Gasteiger partial charge in [0, 0.05) is 33.5 Å². The lowest BCUT2D eigenvalue weighted by molar-refractivity contribution is 0.154. The summed E-state index contributed by atoms with van der Waals surface area (Å²) in [6.07, 6.45) is 1.82. The van der Waals surface area contributed by atoms with Gasteiger partial charge in [-0.1, -0.05) is 41.4 Å². The number of aromatic nitrogens is 2. The first-order chi connectivity index (χ1) is 15.7. The van der Waals surface area contributed by atoms with Crippen LogP contribution in [0, 0.1) is 0 Å². The average Bonchev–Trinajstić information content (AvgIpc) is 2.84. The van der Waals surface area contributed by atoms with Crippen LogP contribution in [0.5, 0.6) is 0 Å². The molecule has 0 aliphatic carbocycles. The van der Waals surface area contributed by atoms with Crippen LogP contribution in [-0.2, 0) is 4.74 Å². The molecule has 1 aromatic heterocycles. The van der Waals surface area contributed by atoms with Crippen molar-refractivity contribution in [3.05, 3.63) is 76.9 Å². The number of nitrogens with one attached hydrogen (secondary N) is 1. The maximum atomic E-state index is 6.54. The highest BCUT2D eigenvalue weighted by molar-refractivity contribution is 8.01. The summed E-state index contributed by atoms with van der Waals surface area (Å²) < 4.78 is 11.0. The van der Waals surface area contributed by atoms with E-state index in [1.54, 1.807) is 11.9 Å². The van der Waals surface area contributed by atoms with Crippen LogP contribution >= 0.6 is 47.1 Å². The molecule has 1 N–H and O–H groups in total. The van der Waals surface area contributed by atoms with Crippen LogP contribution in [0.4, 0.5) is 11.4 Å². The minimum atomic E-state index is 0.566. The van der Waals surface area contributed by atoms with E-state index in [0.717, 1.165) is 45.1 Å². The van der Waals surface area contributed by atoms with Gasteiger partial charge in [0.2, 0.25) is 0 Å². The number of para-hydroxylation sites is 1. The van der Waals surface area contributed by atoms with Gasteiger partial charge in [0.05, 0.1) is 27.9 Å². The average molecular weight is 501 g/mol. The van der Waals surface area contributed by atoms with Crippen molar-refractivity contribution < 1.29 is 4.74 Å². The molecule has 9 heteroatoms. The van der Waals surface area contributed by atoms with Gasteiger partial charge in [-0.3, -0.25) is 4.31 Å². The minimum Gasteiger partial charge on any atom is -0.359 e. The van der Waals surface area contributed by atoms with Crippen molar-refractivity contribution in [1.82, 2.24) is 9.97 Å². The molecule has 0 saturated carbocycles. The van der Waals surface area contributed by atoms with E-state index in [1.807, 2.05) is 66.9 Å². The van der Waals surface area contributed by atoms with Crippen molar-refractivity contribution >= 4 is 69.4 Å². The van der Waals surface area contributed by atoms with Crippen molar-refractivity contribution in [1.29, 1.82) is 0 Å². The molecule has 162 valence electrons. The van der Waals surface area contributed by atoms with Gasteiger partial charge in [0.15, 0.2) is 5.82 Å². The molecule has 5 rings (SSSR count). The number of nitrogens with zero attached hydrogens (tertiary/aromatic N) is 3. The molecular formula is C23H18Cl2N4OS2. The first kappa shape index (κ1) is 21.7. The highest BCUT2D eigenvalue weighted by Crippen LogP contribution is 2.35. The highest BCUT2D eigenvalue weighted by Gasteiger charge is 2.14. The largest absolute Gasteiger partial charge is 0.359 e. The smallest absolute Gasteiger partial charge is 0.161 e. The Balaban J connectivity index is 1.34. The Morgan fingerprint density at radius 3 is 2.78 bits per heavy atom. The van der Waals surface area contributed by atoms with Crippen LogP contribution in [0.15, 0.2) is 71.8 Å². The van der Waals surface area contributed by atoms with E-state index in [4.69, 9.17) is 27.9 Å². The van der Waals surface area contributed by atoms with Gasteiger partial charge in [-0.2, -0.15) is 0 Å². The predicted octanol–water partition coefficient (Wildman–Crippen LogP) is 7.17. The molecule has 2 heterocycles. The number of halogens is 2. The Bertz CT molecular complexity index is 1270. The van der Waals surface area contributed by atoms with E-state index in [-0.39, 0.29) is 0 Å². The lowest BCUT2D eigenvalue weighted by Gasteiger charge is -2.27. The van der Waals surface area contributed by atoms with Crippen LogP contribution in [0.1, 0.15) is 0 Å². The van der Waals surface area contributed by atoms with Gasteiger partial charge in [0.1, 0.15) is 6.73 Å². The molecule has 0 amide bonds. The summed E-state index contributed by atoms with van der Waals surface area (Å²) in [6.45, 7) is 1.34. The summed E-state index contributed by atoms with van der Waals surface area (Å²) in [5.74, 6) is 1.53. The monoisotopic (exact) mass is 500 g/mol. The van der Waals surface area contributed by atoms with Gasteiger partial charge in [-0.15, -0.1) is 0 Å². The lowest BCUT2D eigenvalue weighted by Crippen LogP contribution is -2.25. The number of benzene rings is 3. The fraction of sp³-hybridized carbons (Fsp3) is 0.130. The van der Waals surface area contributed by atoms with Crippen molar-refractivity contribution in [3.8, 4) is 11.4 Å². The molecule has 32 heavy (non-hydrogen) atoms. The molecule has 0 unspecified atom stereocenters. The number of fused-ring (bicyclic) bond motifs is 1. The number of hydrogen-bond acceptors (Lipinski definition) is 7. The molecule has 0 spiro atoms. The molecule has 1 aliphatic rings. The van der Waals surface area contributed by atoms with E-state index in [9.17, 15) is 0 Å². The quantitative estimate of drug-likeness (QED) is 0.291. The van der Waals surface area contributed by atoms with Crippen molar-refractivity contribution in [2.24, 2.45) is 0 Å². The summed E-state index contributed by atoms with van der Waals surface area (Å²) in [6, 6.07) is 19.6. The Morgan fingerprint density at radius 2 is 1.94 bits per heavy atom. The highest BCUT2D eigenvalue weighted by atomic mass is 35.5. The van der Waals surface area contributed by atoms with E-state index in [1.165, 1.54) is 11.9 Å². The van der Waals surface area contributed by atoms with Crippen molar-refractivity contribution in [2.75, 3.05) is 28.1 Å². The Labute approximate surface area is 204 Å². The van der Waals surface area contributed by atoms with E-state index in [0.29, 0.717) is 22.6 Å². The number of hydrogen-bond donors (Lipinski definition) is 1. The molecule has 1 saturated heterocycles. The van der Waals surface area contributed by atoms with Gasteiger partial charge >= 0.3 is 0 Å². The standard InChI is InChI=1S/C23H18Cl2N4OS2/c24-19-7-5-16(11-18(19)23-26-13-15-3-1-2-4-21(15)27-23)28-32-22-8-6-17(12-20(22)25)29-14-30-9-10-31-29/h1-8,11-13,28H,9-10,14H2. The van der Waals surface area contributed by atoms with Crippen LogP contribution < -0.4 is 9.03 Å². The van der Waals surface area contributed by atoms with E-state index in [2.05, 4.69) is 19.0 Å². The second-order valence-electron chi connectivity index (χ2n) is 7.01. The Morgan fingerprint density at radius 1 is 1.03 bits per heavy atom. The molecule has 3 aromatic carbocycles. The summed E-state index contributed by atoms with van der Waals surface area (Å²) in [5, 5.41) is 2.27. The first-order valence-corrected chi connectivity index (χ1v) is 12.4. The predicted molar refractivity (Wildman–Crippen MR) is 137 cm³/mol. The fourth-order valence-electron chi connectivity index (χ4n) is 3.24. The maximum absolute atomic E-state index is 6.54. The SMILES string of the molecule is Clc1cc(N2COCCS2)ccc1SNc1ccc(Cl)c(-c2ncc3ccccc3n2)c1. The second kappa shape index (κ2) is 9.77. The van der Waals surface area contributed by atoms with Gasteiger partial charge in [0.25, 0.3) is 0 Å². The fourth-order valence-corrected chi connectivity index (χ4v) is 5.21. The molecular weight excluding hydrogens is 483 g/mol. The summed E-state index contributed by atoms with van der Waals surface area (Å²) in [7, 11) is 0. The first-order valence-electron chi connectivity index (χ1n) is 9.90. The molecule has 1 aliphatic heterocycles. The van der Waals surface area contributed by atoms with Gasteiger partial charge < -0.3 is 9.46 Å². The van der Waals surface area contributed by atoms with Crippen molar-refractivity contribution in [3.63, 3.8) is 0 Å². The summed E-state index contributed by atoms with van der Waals surface area (Å²) in [5.41, 5.74) is 3.56. The Kier molecular flexibility index (Phi) is 6.62. The molecule has 0 atom stereocenters. The summed E-state index contributed by atoms with van der Waals surface area (Å²) in [4.78, 5) is 10.1. The number of rotatable bonds is 5. The molecule has 1 fully saturated rings. The molecule has 0 bridgehead atoms. The third-order valence-corrected chi connectivity index (χ3v) is 7.51. The van der Waals surface area contributed by atoms with Crippen LogP contribution in [-0.4, -0.2) is 29.1 Å². The zero-order valence-corrected chi connectivity index (χ0v) is 19.9. The molecule has 5 nitrogen and oxygen atoms in total. The van der Waals surface area contributed by atoms with Crippen LogP contribution in [0.2, 0.25) is 10.0 Å². The number of anilines is 2. The molecule has 0 radical (unpaired) electrons. The van der Waals surface area contributed by atoms with Gasteiger partial charge in [-0.05, 0) is 66.4 Å². The normalized spacial score (nSPS) is 14.0. The maximum Gasteiger partial charge on any atom is 0.161 e. The van der Waals surface area contributed by atoms with Crippen molar-refractivity contribution in [2.45, 2.75) is 4.90 Å². The van der Waals surface area contributed by atoms with Crippen LogP contribution in [0.3, 0.4) is 0 Å². The Hall–Kier alpha value is -2.16. The topological polar surface area (TPSA) is 50.3 Å². The third-order valence-electron chi connectivity index (χ3n) is 4.86. The zero-order chi connectivity index (χ0) is 21.9. The van der Waals surface area contributed by atoms with E-state index >= 15 is 0 Å². The number of ether oxygens (including phenoxy) is 1. The lowest BCUT2D eigenvalue weighted by atomic mass is 10.1. The zero-order valence-electron chi connectivity index (χ0n) is 16.8. The summed E-state index contributed by atoms with van der Waals surface area (Å²) >= 11 is 16.2. The van der Waals surface area contributed by atoms with Crippen LogP contribution in [0.25, 0.3) is 22.3 Å². The molecule has 4 aromatic rings. The third kappa shape index (κ3) is 4.77.